The zero-order chi connectivity index (χ0) is 13.1. The number of hydrogen-bond acceptors (Lipinski definition) is 3. The van der Waals surface area contributed by atoms with E-state index in [1.807, 2.05) is 5.32 Å². The van der Waals surface area contributed by atoms with Crippen molar-refractivity contribution in [3.05, 3.63) is 29.8 Å². The van der Waals surface area contributed by atoms with E-state index in [1.54, 1.807) is 0 Å². The van der Waals surface area contributed by atoms with Crippen molar-refractivity contribution in [3.8, 4) is 5.75 Å². The number of phenolic OH excluding ortho intramolecular Hbond substituents is 1. The number of aliphatic hydroxyl groups excluding tert-OH is 1. The average molecular weight is 249 g/mol. The van der Waals surface area contributed by atoms with Crippen LogP contribution in [0.4, 0.5) is 13.2 Å². The SMILES string of the molecule is O=C(NCC(O)C(F)(F)F)c1cccc(O)c1. The maximum Gasteiger partial charge on any atom is 0.416 e. The van der Waals surface area contributed by atoms with Gasteiger partial charge in [0.05, 0.1) is 6.54 Å². The number of carbonyl (C=O) groups excluding carboxylic acids is 1. The molecule has 1 aromatic carbocycles. The first-order valence-corrected chi connectivity index (χ1v) is 4.62. The summed E-state index contributed by atoms with van der Waals surface area (Å²) in [4.78, 5) is 11.3. The summed E-state index contributed by atoms with van der Waals surface area (Å²) >= 11 is 0. The lowest BCUT2D eigenvalue weighted by Crippen LogP contribution is -2.40. The van der Waals surface area contributed by atoms with Crippen molar-refractivity contribution in [1.82, 2.24) is 5.32 Å². The van der Waals surface area contributed by atoms with Gasteiger partial charge in [-0.05, 0) is 18.2 Å². The lowest BCUT2D eigenvalue weighted by atomic mass is 10.2. The number of benzene rings is 1. The normalized spacial score (nSPS) is 13.2. The molecule has 1 unspecified atom stereocenters. The Morgan fingerprint density at radius 2 is 2.06 bits per heavy atom. The monoisotopic (exact) mass is 249 g/mol. The van der Waals surface area contributed by atoms with E-state index in [0.717, 1.165) is 6.07 Å². The van der Waals surface area contributed by atoms with Gasteiger partial charge in [-0.3, -0.25) is 4.79 Å². The number of aromatic hydroxyl groups is 1. The smallest absolute Gasteiger partial charge is 0.416 e. The molecule has 1 aromatic rings. The van der Waals surface area contributed by atoms with E-state index in [2.05, 4.69) is 0 Å². The van der Waals surface area contributed by atoms with Gasteiger partial charge in [0.1, 0.15) is 5.75 Å². The van der Waals surface area contributed by atoms with Gasteiger partial charge >= 0.3 is 6.18 Å². The van der Waals surface area contributed by atoms with Crippen molar-refractivity contribution in [2.24, 2.45) is 0 Å². The van der Waals surface area contributed by atoms with E-state index in [1.165, 1.54) is 18.2 Å². The van der Waals surface area contributed by atoms with Crippen LogP contribution in [0.5, 0.6) is 5.75 Å². The van der Waals surface area contributed by atoms with Gasteiger partial charge in [-0.1, -0.05) is 6.07 Å². The number of hydrogen-bond donors (Lipinski definition) is 3. The largest absolute Gasteiger partial charge is 0.508 e. The maximum absolute atomic E-state index is 11.9. The van der Waals surface area contributed by atoms with E-state index in [4.69, 9.17) is 10.2 Å². The zero-order valence-corrected chi connectivity index (χ0v) is 8.53. The number of carbonyl (C=O) groups is 1. The quantitative estimate of drug-likeness (QED) is 0.749. The average Bonchev–Trinajstić information content (AvgIpc) is 2.24. The predicted molar refractivity (Wildman–Crippen MR) is 52.5 cm³/mol. The van der Waals surface area contributed by atoms with Gasteiger partial charge in [-0.15, -0.1) is 0 Å². The summed E-state index contributed by atoms with van der Waals surface area (Å²) in [7, 11) is 0. The molecule has 0 aromatic heterocycles. The van der Waals surface area contributed by atoms with Crippen LogP contribution in [-0.4, -0.2) is 34.9 Å². The minimum atomic E-state index is -4.77. The Hall–Kier alpha value is -1.76. The molecule has 4 nitrogen and oxygen atoms in total. The van der Waals surface area contributed by atoms with Crippen LogP contribution in [0.1, 0.15) is 10.4 Å². The Balaban J connectivity index is 2.57. The lowest BCUT2D eigenvalue weighted by Gasteiger charge is -2.14. The van der Waals surface area contributed by atoms with Gasteiger partial charge in [0.15, 0.2) is 6.10 Å². The summed E-state index contributed by atoms with van der Waals surface area (Å²) in [6, 6.07) is 5.14. The third-order valence-corrected chi connectivity index (χ3v) is 1.94. The molecule has 3 N–H and O–H groups in total. The van der Waals surface area contributed by atoms with Gasteiger partial charge in [-0.2, -0.15) is 13.2 Å². The van der Waals surface area contributed by atoms with Crippen molar-refractivity contribution >= 4 is 5.91 Å². The number of phenols is 1. The zero-order valence-electron chi connectivity index (χ0n) is 8.53. The fourth-order valence-corrected chi connectivity index (χ4v) is 1.05. The van der Waals surface area contributed by atoms with Crippen molar-refractivity contribution in [1.29, 1.82) is 0 Å². The number of nitrogens with one attached hydrogen (secondary N) is 1. The number of aliphatic hydroxyl groups is 1. The summed E-state index contributed by atoms with van der Waals surface area (Å²) in [5.41, 5.74) is 0.0133. The van der Waals surface area contributed by atoms with Gasteiger partial charge in [0.2, 0.25) is 0 Å². The fourth-order valence-electron chi connectivity index (χ4n) is 1.05. The Morgan fingerprint density at radius 3 is 2.59 bits per heavy atom. The molecule has 0 aliphatic heterocycles. The Morgan fingerprint density at radius 1 is 1.41 bits per heavy atom. The number of amides is 1. The van der Waals surface area contributed by atoms with Gasteiger partial charge < -0.3 is 15.5 Å². The number of rotatable bonds is 3. The molecule has 0 aliphatic carbocycles. The van der Waals surface area contributed by atoms with E-state index >= 15 is 0 Å². The number of alkyl halides is 3. The Labute approximate surface area is 94.7 Å². The predicted octanol–water partition coefficient (Wildman–Crippen LogP) is 1.05. The minimum Gasteiger partial charge on any atom is -0.508 e. The van der Waals surface area contributed by atoms with Crippen LogP contribution >= 0.6 is 0 Å². The summed E-state index contributed by atoms with van der Waals surface area (Å²) in [6.45, 7) is -0.933. The van der Waals surface area contributed by atoms with Crippen molar-refractivity contribution < 1.29 is 28.2 Å². The second kappa shape index (κ2) is 5.05. The molecular weight excluding hydrogens is 239 g/mol. The van der Waals surface area contributed by atoms with Crippen LogP contribution in [0.2, 0.25) is 0 Å². The van der Waals surface area contributed by atoms with Crippen molar-refractivity contribution in [2.75, 3.05) is 6.54 Å². The van der Waals surface area contributed by atoms with Crippen LogP contribution in [-0.2, 0) is 0 Å². The molecular formula is C10H10F3NO3. The Bertz CT molecular complexity index is 406. The molecule has 0 saturated carbocycles. The second-order valence-electron chi connectivity index (χ2n) is 3.32. The molecule has 0 radical (unpaired) electrons. The molecule has 0 bridgehead atoms. The van der Waals surface area contributed by atoms with Gasteiger partial charge in [-0.25, -0.2) is 0 Å². The standard InChI is InChI=1S/C10H10F3NO3/c11-10(12,13)8(16)5-14-9(17)6-2-1-3-7(15)4-6/h1-4,8,15-16H,5H2,(H,14,17). The Kier molecular flexibility index (Phi) is 3.95. The molecule has 1 amide bonds. The van der Waals surface area contributed by atoms with Crippen LogP contribution in [0.25, 0.3) is 0 Å². The molecule has 0 fully saturated rings. The van der Waals surface area contributed by atoms with Gasteiger partial charge in [0.25, 0.3) is 5.91 Å². The van der Waals surface area contributed by atoms with Crippen molar-refractivity contribution in [3.63, 3.8) is 0 Å². The topological polar surface area (TPSA) is 69.6 Å². The first-order valence-electron chi connectivity index (χ1n) is 4.62. The van der Waals surface area contributed by atoms with E-state index in [-0.39, 0.29) is 11.3 Å². The summed E-state index contributed by atoms with van der Waals surface area (Å²) in [5.74, 6) is -0.974. The highest BCUT2D eigenvalue weighted by Crippen LogP contribution is 2.19. The first kappa shape index (κ1) is 13.3. The first-order chi connectivity index (χ1) is 7.80. The summed E-state index contributed by atoms with van der Waals surface area (Å²) < 4.78 is 35.8. The molecule has 17 heavy (non-hydrogen) atoms. The molecule has 0 heterocycles. The highest BCUT2D eigenvalue weighted by molar-refractivity contribution is 5.94. The number of halogens is 3. The highest BCUT2D eigenvalue weighted by atomic mass is 19.4. The van der Waals surface area contributed by atoms with E-state index in [9.17, 15) is 18.0 Å². The third kappa shape index (κ3) is 3.95. The summed E-state index contributed by atoms with van der Waals surface area (Å²) in [6.07, 6.45) is -7.38. The highest BCUT2D eigenvalue weighted by Gasteiger charge is 2.38. The molecule has 0 spiro atoms. The molecule has 1 atom stereocenters. The van der Waals surface area contributed by atoms with E-state index < -0.39 is 24.7 Å². The molecule has 0 aliphatic rings. The molecule has 94 valence electrons. The van der Waals surface area contributed by atoms with E-state index in [0.29, 0.717) is 0 Å². The molecule has 7 heteroatoms. The third-order valence-electron chi connectivity index (χ3n) is 1.94. The second-order valence-corrected chi connectivity index (χ2v) is 3.32. The van der Waals surface area contributed by atoms with Gasteiger partial charge in [0, 0.05) is 5.56 Å². The van der Waals surface area contributed by atoms with Crippen LogP contribution in [0, 0.1) is 0 Å². The molecule has 1 rings (SSSR count). The fraction of sp³-hybridized carbons (Fsp3) is 0.300. The van der Waals surface area contributed by atoms with Crippen LogP contribution in [0.3, 0.4) is 0 Å². The summed E-state index contributed by atoms with van der Waals surface area (Å²) in [5, 5.41) is 19.6. The van der Waals surface area contributed by atoms with Crippen molar-refractivity contribution in [2.45, 2.75) is 12.3 Å². The maximum atomic E-state index is 11.9. The lowest BCUT2D eigenvalue weighted by molar-refractivity contribution is -0.201. The minimum absolute atomic E-state index is 0.0133. The van der Waals surface area contributed by atoms with Crippen LogP contribution in [0.15, 0.2) is 24.3 Å². The molecule has 0 saturated heterocycles. The van der Waals surface area contributed by atoms with Crippen LogP contribution < -0.4 is 5.32 Å².